The molecule has 0 heterocycles. The maximum absolute atomic E-state index is 11.0. The largest absolute Gasteiger partial charge is 0.492 e. The first-order chi connectivity index (χ1) is 8.92. The molecule has 1 aromatic carbocycles. The van der Waals surface area contributed by atoms with E-state index in [9.17, 15) is 8.42 Å². The molecule has 0 aliphatic heterocycles. The van der Waals surface area contributed by atoms with Crippen LogP contribution in [0.5, 0.6) is 5.75 Å². The third-order valence-electron chi connectivity index (χ3n) is 2.77. The maximum atomic E-state index is 11.0. The Kier molecular flexibility index (Phi) is 6.27. The highest BCUT2D eigenvalue weighted by Gasteiger charge is 2.06. The summed E-state index contributed by atoms with van der Waals surface area (Å²) in [5.74, 6) is 0.963. The summed E-state index contributed by atoms with van der Waals surface area (Å²) in [5, 5.41) is 0. The van der Waals surface area contributed by atoms with E-state index in [0.717, 1.165) is 11.3 Å². The van der Waals surface area contributed by atoms with Gasteiger partial charge in [0, 0.05) is 31.5 Å². The van der Waals surface area contributed by atoms with Crippen molar-refractivity contribution < 1.29 is 13.2 Å². The van der Waals surface area contributed by atoms with Gasteiger partial charge in [-0.3, -0.25) is 0 Å². The van der Waals surface area contributed by atoms with E-state index < -0.39 is 9.84 Å². The normalized spacial score (nSPS) is 11.8. The van der Waals surface area contributed by atoms with Gasteiger partial charge in [-0.2, -0.15) is 0 Å². The fourth-order valence-corrected chi connectivity index (χ4v) is 2.20. The Morgan fingerprint density at radius 1 is 1.26 bits per heavy atom. The second kappa shape index (κ2) is 7.47. The van der Waals surface area contributed by atoms with E-state index >= 15 is 0 Å². The minimum atomic E-state index is -2.91. The molecule has 0 aliphatic rings. The third kappa shape index (κ3) is 6.56. The Balaban J connectivity index is 2.33. The van der Waals surface area contributed by atoms with Gasteiger partial charge in [-0.15, -0.1) is 0 Å². The molecule has 6 heteroatoms. The Labute approximate surface area is 115 Å². The molecule has 0 atom stereocenters. The van der Waals surface area contributed by atoms with Crippen molar-refractivity contribution in [2.45, 2.75) is 6.54 Å². The van der Waals surface area contributed by atoms with Gasteiger partial charge in [0.15, 0.2) is 0 Å². The van der Waals surface area contributed by atoms with E-state index in [0.29, 0.717) is 26.2 Å². The minimum absolute atomic E-state index is 0.170. The topological polar surface area (TPSA) is 72.6 Å². The van der Waals surface area contributed by atoms with Crippen molar-refractivity contribution in [1.29, 1.82) is 0 Å². The molecule has 0 saturated heterocycles. The average molecular weight is 286 g/mol. The molecule has 0 bridgehead atoms. The first kappa shape index (κ1) is 15.9. The molecular formula is C13H22N2O3S. The van der Waals surface area contributed by atoms with Gasteiger partial charge in [0.1, 0.15) is 22.2 Å². The Morgan fingerprint density at radius 3 is 2.58 bits per heavy atom. The summed E-state index contributed by atoms with van der Waals surface area (Å²) >= 11 is 0. The molecule has 0 aromatic heterocycles. The first-order valence-electron chi connectivity index (χ1n) is 6.19. The zero-order valence-electron chi connectivity index (χ0n) is 11.5. The molecule has 19 heavy (non-hydrogen) atoms. The summed E-state index contributed by atoms with van der Waals surface area (Å²) < 4.78 is 27.7. The van der Waals surface area contributed by atoms with E-state index in [4.69, 9.17) is 10.5 Å². The number of hydrogen-bond acceptors (Lipinski definition) is 5. The fourth-order valence-electron chi connectivity index (χ4n) is 1.56. The van der Waals surface area contributed by atoms with Gasteiger partial charge in [-0.25, -0.2) is 8.42 Å². The van der Waals surface area contributed by atoms with E-state index in [2.05, 4.69) is 0 Å². The van der Waals surface area contributed by atoms with Gasteiger partial charge in [0.25, 0.3) is 0 Å². The van der Waals surface area contributed by atoms with Crippen LogP contribution in [0, 0.1) is 0 Å². The Hall–Kier alpha value is -1.11. The van der Waals surface area contributed by atoms with Gasteiger partial charge in [-0.1, -0.05) is 18.2 Å². The lowest BCUT2D eigenvalue weighted by atomic mass is 10.2. The monoisotopic (exact) mass is 286 g/mol. The SMILES string of the molecule is CN(CCOc1ccccc1CN)CCS(C)(=O)=O. The molecule has 2 N–H and O–H groups in total. The molecular weight excluding hydrogens is 264 g/mol. The summed E-state index contributed by atoms with van der Waals surface area (Å²) in [6.07, 6.45) is 1.24. The lowest BCUT2D eigenvalue weighted by Crippen LogP contribution is -2.29. The predicted octanol–water partition coefficient (Wildman–Crippen LogP) is 0.501. The van der Waals surface area contributed by atoms with Crippen LogP contribution in [0.4, 0.5) is 0 Å². The van der Waals surface area contributed by atoms with E-state index in [1.165, 1.54) is 6.26 Å². The number of para-hydroxylation sites is 1. The second-order valence-electron chi connectivity index (χ2n) is 4.59. The number of hydrogen-bond donors (Lipinski definition) is 1. The van der Waals surface area contributed by atoms with Crippen LogP contribution in [0.25, 0.3) is 0 Å². The molecule has 0 fully saturated rings. The molecule has 5 nitrogen and oxygen atoms in total. The zero-order valence-corrected chi connectivity index (χ0v) is 12.3. The van der Waals surface area contributed by atoms with Gasteiger partial charge in [0.2, 0.25) is 0 Å². The lowest BCUT2D eigenvalue weighted by molar-refractivity contribution is 0.242. The number of ether oxygens (including phenoxy) is 1. The van der Waals surface area contributed by atoms with E-state index in [1.807, 2.05) is 36.2 Å². The van der Waals surface area contributed by atoms with Crippen LogP contribution in [0.1, 0.15) is 5.56 Å². The molecule has 1 aromatic rings. The number of rotatable bonds is 8. The van der Waals surface area contributed by atoms with Crippen molar-refractivity contribution in [3.8, 4) is 5.75 Å². The maximum Gasteiger partial charge on any atom is 0.148 e. The smallest absolute Gasteiger partial charge is 0.148 e. The number of nitrogens with two attached hydrogens (primary N) is 1. The second-order valence-corrected chi connectivity index (χ2v) is 6.85. The van der Waals surface area contributed by atoms with Crippen molar-refractivity contribution in [1.82, 2.24) is 4.90 Å². The van der Waals surface area contributed by atoms with Crippen molar-refractivity contribution in [2.24, 2.45) is 5.73 Å². The number of benzene rings is 1. The summed E-state index contributed by atoms with van der Waals surface area (Å²) in [5.41, 5.74) is 6.59. The number of sulfone groups is 1. The van der Waals surface area contributed by atoms with Crippen LogP contribution in [-0.2, 0) is 16.4 Å². The first-order valence-corrected chi connectivity index (χ1v) is 8.25. The van der Waals surface area contributed by atoms with Crippen LogP contribution >= 0.6 is 0 Å². The van der Waals surface area contributed by atoms with Gasteiger partial charge < -0.3 is 15.4 Å². The number of likely N-dealkylation sites (N-methyl/N-ethyl adjacent to an activating group) is 1. The third-order valence-corrected chi connectivity index (χ3v) is 3.69. The van der Waals surface area contributed by atoms with Crippen LogP contribution < -0.4 is 10.5 Å². The molecule has 0 spiro atoms. The van der Waals surface area contributed by atoms with E-state index in [1.54, 1.807) is 0 Å². The quantitative estimate of drug-likeness (QED) is 0.753. The molecule has 108 valence electrons. The van der Waals surface area contributed by atoms with Gasteiger partial charge in [-0.05, 0) is 13.1 Å². The van der Waals surface area contributed by atoms with Crippen LogP contribution in [0.3, 0.4) is 0 Å². The van der Waals surface area contributed by atoms with Crippen LogP contribution in [0.15, 0.2) is 24.3 Å². The summed E-state index contributed by atoms with van der Waals surface area (Å²) in [4.78, 5) is 1.94. The highest BCUT2D eigenvalue weighted by molar-refractivity contribution is 7.90. The van der Waals surface area contributed by atoms with Gasteiger partial charge >= 0.3 is 0 Å². The summed E-state index contributed by atoms with van der Waals surface area (Å²) in [7, 11) is -1.03. The minimum Gasteiger partial charge on any atom is -0.492 e. The predicted molar refractivity (Wildman–Crippen MR) is 77.0 cm³/mol. The number of nitrogens with zero attached hydrogens (tertiary/aromatic N) is 1. The average Bonchev–Trinajstić information content (AvgIpc) is 2.36. The molecule has 0 aliphatic carbocycles. The van der Waals surface area contributed by atoms with E-state index in [-0.39, 0.29) is 5.75 Å². The summed E-state index contributed by atoms with van der Waals surface area (Å²) in [6, 6.07) is 7.65. The van der Waals surface area contributed by atoms with Crippen LogP contribution in [-0.4, -0.2) is 52.1 Å². The molecule has 0 unspecified atom stereocenters. The fraction of sp³-hybridized carbons (Fsp3) is 0.538. The Bertz CT molecular complexity index is 488. The zero-order chi connectivity index (χ0) is 14.3. The van der Waals surface area contributed by atoms with Crippen molar-refractivity contribution in [3.63, 3.8) is 0 Å². The van der Waals surface area contributed by atoms with Crippen LogP contribution in [0.2, 0.25) is 0 Å². The van der Waals surface area contributed by atoms with Gasteiger partial charge in [0.05, 0.1) is 5.75 Å². The van der Waals surface area contributed by atoms with Crippen molar-refractivity contribution in [2.75, 3.05) is 38.8 Å². The molecule has 0 amide bonds. The Morgan fingerprint density at radius 2 is 1.95 bits per heavy atom. The molecule has 0 saturated carbocycles. The van der Waals surface area contributed by atoms with Crippen molar-refractivity contribution in [3.05, 3.63) is 29.8 Å². The highest BCUT2D eigenvalue weighted by Crippen LogP contribution is 2.16. The molecule has 1 rings (SSSR count). The molecule has 0 radical (unpaired) electrons. The standard InChI is InChI=1S/C13H22N2O3S/c1-15(8-10-19(2,16)17)7-9-18-13-6-4-3-5-12(13)11-14/h3-6H,7-11,14H2,1-2H3. The lowest BCUT2D eigenvalue weighted by Gasteiger charge is -2.17. The summed E-state index contributed by atoms with van der Waals surface area (Å²) in [6.45, 7) is 2.15. The van der Waals surface area contributed by atoms with Crippen molar-refractivity contribution >= 4 is 9.84 Å². The highest BCUT2D eigenvalue weighted by atomic mass is 32.2.